The number of carbonyl (C=O) groups is 1. The van der Waals surface area contributed by atoms with E-state index in [1.165, 1.54) is 12.1 Å². The standard InChI is InChI=1S/C18H20F2N4O3S/c1-11(2)24-8-7-16(18(24)25)22-17-6-4-13(10-21-17)28(26,27)23-12-3-5-14(19)15(20)9-12/h3-6,9-11,16,23H,7-8H2,1-2H3,(H,21,22). The summed E-state index contributed by atoms with van der Waals surface area (Å²) < 4.78 is 53.1. The first-order valence-electron chi connectivity index (χ1n) is 8.68. The maximum Gasteiger partial charge on any atom is 0.263 e. The minimum atomic E-state index is -4.02. The van der Waals surface area contributed by atoms with E-state index in [2.05, 4.69) is 15.0 Å². The molecule has 2 aromatic rings. The predicted octanol–water partition coefficient (Wildman–Crippen LogP) is 2.58. The third-order valence-electron chi connectivity index (χ3n) is 4.40. The zero-order valence-corrected chi connectivity index (χ0v) is 16.1. The summed E-state index contributed by atoms with van der Waals surface area (Å²) in [6, 6.07) is 5.17. The van der Waals surface area contributed by atoms with Gasteiger partial charge >= 0.3 is 0 Å². The van der Waals surface area contributed by atoms with Gasteiger partial charge in [0, 0.05) is 24.8 Å². The summed E-state index contributed by atoms with van der Waals surface area (Å²) in [5.41, 5.74) is -0.105. The number of likely N-dealkylation sites (tertiary alicyclic amines) is 1. The van der Waals surface area contributed by atoms with Crippen LogP contribution in [0.3, 0.4) is 0 Å². The molecule has 1 aromatic carbocycles. The van der Waals surface area contributed by atoms with Crippen LogP contribution in [0.15, 0.2) is 41.4 Å². The maximum absolute atomic E-state index is 13.3. The largest absolute Gasteiger partial charge is 0.358 e. The molecule has 0 saturated carbocycles. The monoisotopic (exact) mass is 410 g/mol. The molecule has 7 nitrogen and oxygen atoms in total. The summed E-state index contributed by atoms with van der Waals surface area (Å²) >= 11 is 0. The predicted molar refractivity (Wildman–Crippen MR) is 100 cm³/mol. The van der Waals surface area contributed by atoms with Crippen LogP contribution in [0, 0.1) is 11.6 Å². The van der Waals surface area contributed by atoms with Crippen molar-refractivity contribution in [3.05, 3.63) is 48.2 Å². The Morgan fingerprint density at radius 1 is 1.18 bits per heavy atom. The molecule has 0 bridgehead atoms. The Kier molecular flexibility index (Phi) is 5.50. The fraction of sp³-hybridized carbons (Fsp3) is 0.333. The second-order valence-electron chi connectivity index (χ2n) is 6.72. The minimum Gasteiger partial charge on any atom is -0.358 e. The Balaban J connectivity index is 1.69. The number of rotatable bonds is 6. The van der Waals surface area contributed by atoms with Crippen molar-refractivity contribution in [3.8, 4) is 0 Å². The van der Waals surface area contributed by atoms with Crippen LogP contribution in [0.2, 0.25) is 0 Å². The summed E-state index contributed by atoms with van der Waals surface area (Å²) in [7, 11) is -4.02. The second kappa shape index (κ2) is 7.70. The Labute approximate surface area is 161 Å². The zero-order valence-electron chi connectivity index (χ0n) is 15.3. The van der Waals surface area contributed by atoms with Gasteiger partial charge in [-0.1, -0.05) is 0 Å². The maximum atomic E-state index is 13.3. The van der Waals surface area contributed by atoms with Crippen molar-refractivity contribution >= 4 is 27.4 Å². The quantitative estimate of drug-likeness (QED) is 0.764. The highest BCUT2D eigenvalue weighted by atomic mass is 32.2. The Morgan fingerprint density at radius 2 is 1.93 bits per heavy atom. The fourth-order valence-electron chi connectivity index (χ4n) is 2.93. The molecule has 2 N–H and O–H groups in total. The zero-order chi connectivity index (χ0) is 20.5. The van der Waals surface area contributed by atoms with E-state index in [9.17, 15) is 22.0 Å². The summed E-state index contributed by atoms with van der Waals surface area (Å²) in [6.45, 7) is 4.54. The smallest absolute Gasteiger partial charge is 0.263 e. The van der Waals surface area contributed by atoms with Crippen molar-refractivity contribution in [2.45, 2.75) is 37.2 Å². The molecule has 1 unspecified atom stereocenters. The minimum absolute atomic E-state index is 0.0199. The van der Waals surface area contributed by atoms with Gasteiger partial charge in [-0.25, -0.2) is 22.2 Å². The molecule has 1 fully saturated rings. The number of hydrogen-bond acceptors (Lipinski definition) is 5. The van der Waals surface area contributed by atoms with Gasteiger partial charge in [0.15, 0.2) is 11.6 Å². The molecule has 1 aromatic heterocycles. The van der Waals surface area contributed by atoms with Gasteiger partial charge < -0.3 is 10.2 Å². The number of halogens is 2. The van der Waals surface area contributed by atoms with Crippen molar-refractivity contribution < 1.29 is 22.0 Å². The van der Waals surface area contributed by atoms with Crippen molar-refractivity contribution in [1.29, 1.82) is 0 Å². The van der Waals surface area contributed by atoms with Gasteiger partial charge in [-0.15, -0.1) is 0 Å². The average molecular weight is 410 g/mol. The van der Waals surface area contributed by atoms with E-state index in [0.717, 1.165) is 24.4 Å². The van der Waals surface area contributed by atoms with Crippen LogP contribution in [0.1, 0.15) is 20.3 Å². The number of hydrogen-bond donors (Lipinski definition) is 2. The lowest BCUT2D eigenvalue weighted by molar-refractivity contribution is -0.129. The highest BCUT2D eigenvalue weighted by Gasteiger charge is 2.33. The Hall–Kier alpha value is -2.75. The number of benzene rings is 1. The van der Waals surface area contributed by atoms with Crippen molar-refractivity contribution in [3.63, 3.8) is 0 Å². The van der Waals surface area contributed by atoms with Gasteiger partial charge in [-0.05, 0) is 44.5 Å². The molecule has 28 heavy (non-hydrogen) atoms. The van der Waals surface area contributed by atoms with Gasteiger partial charge in [-0.3, -0.25) is 9.52 Å². The first-order chi connectivity index (χ1) is 13.2. The molecule has 1 atom stereocenters. The molecule has 2 heterocycles. The number of nitrogens with one attached hydrogen (secondary N) is 2. The fourth-order valence-corrected chi connectivity index (χ4v) is 3.92. The van der Waals surface area contributed by atoms with Gasteiger partial charge in [-0.2, -0.15) is 0 Å². The van der Waals surface area contributed by atoms with E-state index >= 15 is 0 Å². The number of amides is 1. The van der Waals surface area contributed by atoms with E-state index < -0.39 is 27.7 Å². The molecule has 0 aliphatic carbocycles. The number of pyridine rings is 1. The van der Waals surface area contributed by atoms with Gasteiger partial charge in [0.2, 0.25) is 5.91 Å². The van der Waals surface area contributed by atoms with Crippen LogP contribution in [-0.2, 0) is 14.8 Å². The highest BCUT2D eigenvalue weighted by molar-refractivity contribution is 7.92. The van der Waals surface area contributed by atoms with E-state index in [0.29, 0.717) is 18.8 Å². The molecular weight excluding hydrogens is 390 g/mol. The molecule has 0 radical (unpaired) electrons. The van der Waals surface area contributed by atoms with Gasteiger partial charge in [0.25, 0.3) is 10.0 Å². The lowest BCUT2D eigenvalue weighted by Crippen LogP contribution is -2.37. The molecule has 10 heteroatoms. The molecule has 1 saturated heterocycles. The van der Waals surface area contributed by atoms with Crippen LogP contribution in [0.5, 0.6) is 0 Å². The van der Waals surface area contributed by atoms with Crippen molar-refractivity contribution in [2.24, 2.45) is 0 Å². The Bertz CT molecular complexity index is 981. The lowest BCUT2D eigenvalue weighted by Gasteiger charge is -2.21. The van der Waals surface area contributed by atoms with Crippen molar-refractivity contribution in [1.82, 2.24) is 9.88 Å². The summed E-state index contributed by atoms with van der Waals surface area (Å²) in [4.78, 5) is 18.0. The molecule has 0 spiro atoms. The van der Waals surface area contributed by atoms with Crippen LogP contribution in [0.25, 0.3) is 0 Å². The molecule has 3 rings (SSSR count). The van der Waals surface area contributed by atoms with E-state index in [1.54, 1.807) is 4.90 Å². The second-order valence-corrected chi connectivity index (χ2v) is 8.41. The topological polar surface area (TPSA) is 91.4 Å². The first kappa shape index (κ1) is 20.0. The third-order valence-corrected chi connectivity index (χ3v) is 5.77. The third kappa shape index (κ3) is 4.22. The normalized spacial score (nSPS) is 17.2. The van der Waals surface area contributed by atoms with Gasteiger partial charge in [0.05, 0.1) is 5.69 Å². The molecule has 1 amide bonds. The molecule has 150 valence electrons. The molecule has 1 aliphatic rings. The lowest BCUT2D eigenvalue weighted by atomic mass is 10.2. The Morgan fingerprint density at radius 3 is 2.50 bits per heavy atom. The number of nitrogens with zero attached hydrogens (tertiary/aromatic N) is 2. The number of aromatic nitrogens is 1. The van der Waals surface area contributed by atoms with E-state index in [-0.39, 0.29) is 22.5 Å². The van der Waals surface area contributed by atoms with E-state index in [4.69, 9.17) is 0 Å². The van der Waals surface area contributed by atoms with Crippen LogP contribution >= 0.6 is 0 Å². The number of sulfonamides is 1. The summed E-state index contributed by atoms with van der Waals surface area (Å²) in [6.07, 6.45) is 1.76. The van der Waals surface area contributed by atoms with Crippen LogP contribution < -0.4 is 10.0 Å². The average Bonchev–Trinajstić information content (AvgIpc) is 2.99. The molecular formula is C18H20F2N4O3S. The highest BCUT2D eigenvalue weighted by Crippen LogP contribution is 2.21. The SMILES string of the molecule is CC(C)N1CCC(Nc2ccc(S(=O)(=O)Nc3ccc(F)c(F)c3)cn2)C1=O. The van der Waals surface area contributed by atoms with Gasteiger partial charge in [0.1, 0.15) is 16.8 Å². The number of carbonyl (C=O) groups excluding carboxylic acids is 1. The van der Waals surface area contributed by atoms with Crippen LogP contribution in [0.4, 0.5) is 20.3 Å². The van der Waals surface area contributed by atoms with E-state index in [1.807, 2.05) is 13.8 Å². The van der Waals surface area contributed by atoms with Crippen molar-refractivity contribution in [2.75, 3.05) is 16.6 Å². The first-order valence-corrected chi connectivity index (χ1v) is 10.2. The number of anilines is 2. The van der Waals surface area contributed by atoms with Crippen LogP contribution in [-0.4, -0.2) is 42.8 Å². The molecule has 1 aliphatic heterocycles. The summed E-state index contributed by atoms with van der Waals surface area (Å²) in [5.74, 6) is -1.88. The summed E-state index contributed by atoms with van der Waals surface area (Å²) in [5, 5.41) is 3.01.